The minimum atomic E-state index is -3.75. The number of sulfonamides is 1. The number of carbonyl (C=O) groups is 1. The zero-order chi connectivity index (χ0) is 20.2. The van der Waals surface area contributed by atoms with Crippen LogP contribution in [0.25, 0.3) is 0 Å². The molecule has 0 fully saturated rings. The average molecular weight is 385 g/mol. The summed E-state index contributed by atoms with van der Waals surface area (Å²) in [7, 11) is -3.75. The van der Waals surface area contributed by atoms with E-state index in [2.05, 4.69) is 16.0 Å². The highest BCUT2D eigenvalue weighted by Crippen LogP contribution is 2.27. The lowest BCUT2D eigenvalue weighted by atomic mass is 9.87. The van der Waals surface area contributed by atoms with Crippen LogP contribution in [0.4, 0.5) is 5.69 Å². The predicted molar refractivity (Wildman–Crippen MR) is 108 cm³/mol. The van der Waals surface area contributed by atoms with Gasteiger partial charge in [0.05, 0.1) is 11.4 Å². The lowest BCUT2D eigenvalue weighted by Crippen LogP contribution is -2.23. The zero-order valence-electron chi connectivity index (χ0n) is 16.0. The maximum atomic E-state index is 12.8. The molecule has 2 rings (SSSR count). The number of anilines is 1. The fourth-order valence-electron chi connectivity index (χ4n) is 2.49. The van der Waals surface area contributed by atoms with E-state index in [1.807, 2.05) is 32.9 Å². The van der Waals surface area contributed by atoms with Gasteiger partial charge in [0.2, 0.25) is 0 Å². The molecule has 2 N–H and O–H groups in total. The molecular formula is C21H24N2O3S. The van der Waals surface area contributed by atoms with Gasteiger partial charge in [-0.05, 0) is 53.8 Å². The average Bonchev–Trinajstić information content (AvgIpc) is 2.59. The summed E-state index contributed by atoms with van der Waals surface area (Å²) in [6.07, 6.45) is 5.11. The second-order valence-electron chi connectivity index (χ2n) is 7.30. The zero-order valence-corrected chi connectivity index (χ0v) is 16.8. The Balaban J connectivity index is 2.27. The molecule has 142 valence electrons. The van der Waals surface area contributed by atoms with Gasteiger partial charge in [0.1, 0.15) is 0 Å². The van der Waals surface area contributed by atoms with Gasteiger partial charge in [-0.3, -0.25) is 9.52 Å². The third-order valence-electron chi connectivity index (χ3n) is 4.09. The number of terminal acetylenes is 1. The first kappa shape index (κ1) is 20.5. The molecule has 0 aliphatic rings. The molecule has 0 aliphatic carbocycles. The molecule has 0 spiro atoms. The minimum Gasteiger partial charge on any atom is -0.341 e. The fourth-order valence-corrected chi connectivity index (χ4v) is 3.82. The van der Waals surface area contributed by atoms with Gasteiger partial charge in [0.15, 0.2) is 0 Å². The van der Waals surface area contributed by atoms with Gasteiger partial charge < -0.3 is 5.32 Å². The minimum absolute atomic E-state index is 0.136. The van der Waals surface area contributed by atoms with E-state index in [0.717, 1.165) is 5.56 Å². The van der Waals surface area contributed by atoms with E-state index < -0.39 is 10.0 Å². The number of benzene rings is 2. The molecule has 0 aliphatic heterocycles. The summed E-state index contributed by atoms with van der Waals surface area (Å²) in [6, 6.07) is 11.6. The first-order valence-corrected chi connectivity index (χ1v) is 9.98. The number of amides is 1. The van der Waals surface area contributed by atoms with Crippen molar-refractivity contribution in [2.45, 2.75) is 38.0 Å². The largest absolute Gasteiger partial charge is 0.341 e. The summed E-state index contributed by atoms with van der Waals surface area (Å²) < 4.78 is 28.3. The number of nitrogens with one attached hydrogen (secondary N) is 2. The molecule has 1 amide bonds. The molecule has 0 heterocycles. The summed E-state index contributed by atoms with van der Waals surface area (Å²) >= 11 is 0. The number of carbonyl (C=O) groups excluding carboxylic acids is 1. The Morgan fingerprint density at radius 1 is 1.11 bits per heavy atom. The Hall–Kier alpha value is -2.78. The lowest BCUT2D eigenvalue weighted by molar-refractivity contribution is 0.0958. The van der Waals surface area contributed by atoms with E-state index in [1.54, 1.807) is 37.3 Å². The van der Waals surface area contributed by atoms with Crippen LogP contribution in [-0.2, 0) is 15.4 Å². The van der Waals surface area contributed by atoms with Crippen molar-refractivity contribution in [3.63, 3.8) is 0 Å². The van der Waals surface area contributed by atoms with Crippen molar-refractivity contribution in [1.82, 2.24) is 5.32 Å². The lowest BCUT2D eigenvalue weighted by Gasteiger charge is -2.21. The molecule has 2 aromatic carbocycles. The highest BCUT2D eigenvalue weighted by atomic mass is 32.2. The molecule has 0 bridgehead atoms. The molecular weight excluding hydrogens is 360 g/mol. The Morgan fingerprint density at radius 3 is 2.30 bits per heavy atom. The quantitative estimate of drug-likeness (QED) is 0.775. The van der Waals surface area contributed by atoms with Crippen LogP contribution in [0.5, 0.6) is 0 Å². The summed E-state index contributed by atoms with van der Waals surface area (Å²) in [5.74, 6) is 2.02. The van der Waals surface area contributed by atoms with E-state index in [4.69, 9.17) is 6.42 Å². The van der Waals surface area contributed by atoms with Crippen molar-refractivity contribution in [1.29, 1.82) is 0 Å². The molecule has 0 unspecified atom stereocenters. The van der Waals surface area contributed by atoms with Crippen molar-refractivity contribution in [2.24, 2.45) is 0 Å². The van der Waals surface area contributed by atoms with Crippen LogP contribution in [-0.4, -0.2) is 20.9 Å². The first-order valence-electron chi connectivity index (χ1n) is 8.50. The van der Waals surface area contributed by atoms with Gasteiger partial charge in [-0.1, -0.05) is 38.8 Å². The van der Waals surface area contributed by atoms with Gasteiger partial charge in [-0.25, -0.2) is 8.42 Å². The third kappa shape index (κ3) is 5.11. The normalized spacial score (nSPS) is 11.5. The van der Waals surface area contributed by atoms with Crippen LogP contribution >= 0.6 is 0 Å². The fraction of sp³-hybridized carbons (Fsp3) is 0.286. The Bertz CT molecular complexity index is 980. The van der Waals surface area contributed by atoms with E-state index in [9.17, 15) is 13.2 Å². The molecule has 0 saturated carbocycles. The van der Waals surface area contributed by atoms with Gasteiger partial charge >= 0.3 is 0 Å². The van der Waals surface area contributed by atoms with Gasteiger partial charge in [-0.2, -0.15) is 0 Å². The second kappa shape index (κ2) is 7.85. The monoisotopic (exact) mass is 384 g/mol. The topological polar surface area (TPSA) is 75.3 Å². The van der Waals surface area contributed by atoms with Crippen LogP contribution in [0.15, 0.2) is 47.4 Å². The maximum absolute atomic E-state index is 12.8. The molecule has 27 heavy (non-hydrogen) atoms. The van der Waals surface area contributed by atoms with Crippen molar-refractivity contribution in [2.75, 3.05) is 11.3 Å². The summed E-state index contributed by atoms with van der Waals surface area (Å²) in [5, 5.41) is 2.56. The molecule has 0 radical (unpaired) electrons. The van der Waals surface area contributed by atoms with Crippen LogP contribution in [0.3, 0.4) is 0 Å². The molecule has 0 atom stereocenters. The Labute approximate surface area is 161 Å². The van der Waals surface area contributed by atoms with Gasteiger partial charge in [0.25, 0.3) is 15.9 Å². The van der Waals surface area contributed by atoms with E-state index in [-0.39, 0.29) is 22.8 Å². The van der Waals surface area contributed by atoms with E-state index in [1.165, 1.54) is 0 Å². The number of aryl methyl sites for hydroxylation is 1. The Kier molecular flexibility index (Phi) is 5.97. The number of hydrogen-bond donors (Lipinski definition) is 2. The predicted octanol–water partition coefficient (Wildman–Crippen LogP) is 3.46. The van der Waals surface area contributed by atoms with Crippen molar-refractivity contribution < 1.29 is 13.2 Å². The highest BCUT2D eigenvalue weighted by molar-refractivity contribution is 7.92. The van der Waals surface area contributed by atoms with Crippen LogP contribution in [0, 0.1) is 19.3 Å². The van der Waals surface area contributed by atoms with Crippen LogP contribution in [0.2, 0.25) is 0 Å². The van der Waals surface area contributed by atoms with Gasteiger partial charge in [-0.15, -0.1) is 6.42 Å². The van der Waals surface area contributed by atoms with Crippen molar-refractivity contribution in [3.05, 3.63) is 59.2 Å². The smallest absolute Gasteiger partial charge is 0.262 e. The number of hydrogen-bond acceptors (Lipinski definition) is 3. The summed E-state index contributed by atoms with van der Waals surface area (Å²) in [6.45, 7) is 8.00. The number of rotatable bonds is 5. The molecule has 5 nitrogen and oxygen atoms in total. The SMILES string of the molecule is C#CCNC(=O)c1ccc(NS(=O)(=O)c2cc(C(C)(C)C)ccc2C)cc1. The van der Waals surface area contributed by atoms with E-state index in [0.29, 0.717) is 16.8 Å². The standard InChI is InChI=1S/C21H24N2O3S/c1-6-13-22-20(24)16-8-11-18(12-9-16)23-27(25,26)19-14-17(21(3,4)5)10-7-15(19)2/h1,7-12,14,23H,13H2,2-5H3,(H,22,24). The molecule has 0 aromatic heterocycles. The van der Waals surface area contributed by atoms with Crippen molar-refractivity contribution in [3.8, 4) is 12.3 Å². The van der Waals surface area contributed by atoms with Crippen LogP contribution < -0.4 is 10.0 Å². The maximum Gasteiger partial charge on any atom is 0.262 e. The molecule has 6 heteroatoms. The first-order chi connectivity index (χ1) is 12.5. The van der Waals surface area contributed by atoms with Crippen LogP contribution in [0.1, 0.15) is 42.3 Å². The highest BCUT2D eigenvalue weighted by Gasteiger charge is 2.21. The second-order valence-corrected chi connectivity index (χ2v) is 8.95. The van der Waals surface area contributed by atoms with Gasteiger partial charge in [0, 0.05) is 11.3 Å². The summed E-state index contributed by atoms with van der Waals surface area (Å²) in [5.41, 5.74) is 2.23. The third-order valence-corrected chi connectivity index (χ3v) is 5.62. The Morgan fingerprint density at radius 2 is 1.74 bits per heavy atom. The molecule has 0 saturated heterocycles. The summed E-state index contributed by atoms with van der Waals surface area (Å²) in [4.78, 5) is 12.1. The van der Waals surface area contributed by atoms with E-state index >= 15 is 0 Å². The molecule has 2 aromatic rings. The van der Waals surface area contributed by atoms with Crippen molar-refractivity contribution >= 4 is 21.6 Å².